The quantitative estimate of drug-likeness (QED) is 0.209. The lowest BCUT2D eigenvalue weighted by molar-refractivity contribution is -0.141. The summed E-state index contributed by atoms with van der Waals surface area (Å²) in [6.07, 6.45) is 2.02. The zero-order valence-corrected chi connectivity index (χ0v) is 25.0. The molecule has 0 bridgehead atoms. The van der Waals surface area contributed by atoms with E-state index in [9.17, 15) is 24.3 Å². The second kappa shape index (κ2) is 9.43. The van der Waals surface area contributed by atoms with Gasteiger partial charge in [0, 0.05) is 16.0 Å². The van der Waals surface area contributed by atoms with Crippen LogP contribution in [0.15, 0.2) is 64.7 Å². The smallest absolute Gasteiger partial charge is 0.254 e. The lowest BCUT2D eigenvalue weighted by atomic mass is 9.56. The number of carbonyl (C=O) groups excluding carboxylic acids is 4. The number of imide groups is 2. The van der Waals surface area contributed by atoms with Crippen molar-refractivity contribution < 1.29 is 24.3 Å². The van der Waals surface area contributed by atoms with E-state index in [0.29, 0.717) is 15.6 Å². The van der Waals surface area contributed by atoms with E-state index < -0.39 is 45.2 Å². The van der Waals surface area contributed by atoms with Gasteiger partial charge in [-0.25, -0.2) is 0 Å². The lowest BCUT2D eigenvalue weighted by Crippen LogP contribution is -2.60. The third kappa shape index (κ3) is 3.65. The van der Waals surface area contributed by atoms with Crippen molar-refractivity contribution in [2.45, 2.75) is 35.1 Å². The summed E-state index contributed by atoms with van der Waals surface area (Å²) < 4.78 is 0.627. The topological polar surface area (TPSA) is 95.0 Å². The number of likely N-dealkylation sites (tertiary alicyclic amines) is 2. The summed E-state index contributed by atoms with van der Waals surface area (Å²) >= 11 is 21.0. The monoisotopic (exact) mass is 694 g/mol. The van der Waals surface area contributed by atoms with Crippen LogP contribution in [0.4, 0.5) is 0 Å². The Morgan fingerprint density at radius 3 is 2.36 bits per heavy atom. The number of phenols is 1. The predicted octanol–water partition coefficient (Wildman–Crippen LogP) is 5.07. The number of hydrogen-bond donors (Lipinski definition) is 1. The molecular formula is C28H22Br2Cl2N2O5. The molecule has 2 aliphatic heterocycles. The van der Waals surface area contributed by atoms with Crippen LogP contribution >= 0.6 is 55.1 Å². The van der Waals surface area contributed by atoms with Gasteiger partial charge in [0.05, 0.1) is 23.8 Å². The first-order chi connectivity index (χ1) is 18.5. The van der Waals surface area contributed by atoms with Crippen LogP contribution in [0.3, 0.4) is 0 Å². The summed E-state index contributed by atoms with van der Waals surface area (Å²) in [5.41, 5.74) is 1.67. The Morgan fingerprint density at radius 2 is 1.67 bits per heavy atom. The molecule has 3 fully saturated rings. The van der Waals surface area contributed by atoms with Crippen molar-refractivity contribution in [1.29, 1.82) is 0 Å². The molecule has 0 unspecified atom stereocenters. The maximum Gasteiger partial charge on any atom is 0.254 e. The first-order valence-corrected chi connectivity index (χ1v) is 15.1. The number of amides is 4. The van der Waals surface area contributed by atoms with E-state index in [4.69, 9.17) is 23.2 Å². The van der Waals surface area contributed by atoms with Crippen molar-refractivity contribution in [1.82, 2.24) is 9.80 Å². The van der Waals surface area contributed by atoms with Crippen molar-refractivity contribution in [2.75, 3.05) is 5.45 Å². The number of halogens is 4. The molecular weight excluding hydrogens is 675 g/mol. The van der Waals surface area contributed by atoms with Crippen LogP contribution in [0.25, 0.3) is 0 Å². The average Bonchev–Trinajstić information content (AvgIpc) is 3.24. The van der Waals surface area contributed by atoms with Crippen molar-refractivity contribution in [3.05, 3.63) is 75.8 Å². The zero-order valence-electron chi connectivity index (χ0n) is 20.3. The number of rotatable bonds is 4. The Kier molecular flexibility index (Phi) is 6.53. The molecule has 0 radical (unpaired) electrons. The number of allylic oxidation sites excluding steroid dienone is 2. The Balaban J connectivity index is 1.50. The van der Waals surface area contributed by atoms with Gasteiger partial charge in [-0.3, -0.25) is 29.0 Å². The fourth-order valence-electron chi connectivity index (χ4n) is 6.84. The molecule has 2 aliphatic carbocycles. The van der Waals surface area contributed by atoms with Gasteiger partial charge in [0.1, 0.15) is 5.75 Å². The number of phenolic OH excluding ortho intramolecular Hbond substituents is 1. The SMILES string of the molecule is O=C1[C@H]2[C@H](CC=C3[C@H]2C[C@@]2(Cl)C(=O)N(CBr)C(=O)[C@@]2(Cl)[C@H]3c2cc(Br)ccc2O)C(=O)N1Cc1ccccc1. The van der Waals surface area contributed by atoms with Gasteiger partial charge in [-0.2, -0.15) is 0 Å². The fraction of sp³-hybridized carbons (Fsp3) is 0.357. The third-order valence-corrected chi connectivity index (χ3v) is 11.0. The number of alkyl halides is 3. The largest absolute Gasteiger partial charge is 0.508 e. The molecule has 2 saturated heterocycles. The average molecular weight is 697 g/mol. The van der Waals surface area contributed by atoms with Gasteiger partial charge < -0.3 is 5.11 Å². The van der Waals surface area contributed by atoms with E-state index in [2.05, 4.69) is 31.9 Å². The first-order valence-electron chi connectivity index (χ1n) is 12.4. The molecule has 4 aliphatic rings. The second-order valence-corrected chi connectivity index (χ2v) is 13.1. The molecule has 0 spiro atoms. The van der Waals surface area contributed by atoms with Gasteiger partial charge in [-0.05, 0) is 42.5 Å². The number of aromatic hydroxyl groups is 1. The van der Waals surface area contributed by atoms with Crippen LogP contribution in [0.2, 0.25) is 0 Å². The van der Waals surface area contributed by atoms with Crippen molar-refractivity contribution in [3.63, 3.8) is 0 Å². The summed E-state index contributed by atoms with van der Waals surface area (Å²) in [6, 6.07) is 14.0. The molecule has 7 nitrogen and oxygen atoms in total. The van der Waals surface area contributed by atoms with E-state index in [1.807, 2.05) is 36.4 Å². The van der Waals surface area contributed by atoms with Crippen LogP contribution in [-0.4, -0.2) is 53.7 Å². The lowest BCUT2D eigenvalue weighted by Gasteiger charge is -2.50. The number of benzene rings is 2. The first kappa shape index (κ1) is 27.0. The van der Waals surface area contributed by atoms with Crippen LogP contribution in [0.5, 0.6) is 5.75 Å². The minimum absolute atomic E-state index is 0.0947. The van der Waals surface area contributed by atoms with Gasteiger partial charge in [0.2, 0.25) is 11.8 Å². The standard InChI is InChI=1S/C28H22Br2Cl2N2O5/c29-13-34-25(38)27(31)11-19-16(22(28(27,32)26(34)39)18-10-15(30)6-9-20(18)35)7-8-17-21(19)24(37)33(23(17)36)12-14-4-2-1-3-5-14/h1-7,9-10,17,19,21-22,35H,8,11-13H2/t17-,19+,21-,22+,27+,28-/m0/s1. The summed E-state index contributed by atoms with van der Waals surface area (Å²) in [5, 5.41) is 11.0. The van der Waals surface area contributed by atoms with Gasteiger partial charge in [-0.15, -0.1) is 23.2 Å². The van der Waals surface area contributed by atoms with Crippen LogP contribution in [-0.2, 0) is 25.7 Å². The molecule has 39 heavy (non-hydrogen) atoms. The molecule has 202 valence electrons. The van der Waals surface area contributed by atoms with Crippen LogP contribution < -0.4 is 0 Å². The highest BCUT2D eigenvalue weighted by molar-refractivity contribution is 9.10. The molecule has 1 N–H and O–H groups in total. The molecule has 0 aromatic heterocycles. The van der Waals surface area contributed by atoms with Crippen molar-refractivity contribution in [2.24, 2.45) is 17.8 Å². The number of hydrogen-bond acceptors (Lipinski definition) is 5. The van der Waals surface area contributed by atoms with Crippen molar-refractivity contribution >= 4 is 78.7 Å². The van der Waals surface area contributed by atoms with Gasteiger partial charge in [0.15, 0.2) is 9.75 Å². The Labute approximate surface area is 251 Å². The molecule has 1 saturated carbocycles. The Hall–Kier alpha value is -2.20. The maximum atomic E-state index is 13.9. The highest BCUT2D eigenvalue weighted by Crippen LogP contribution is 2.66. The number of nitrogens with zero attached hydrogens (tertiary/aromatic N) is 2. The molecule has 2 aromatic rings. The fourth-order valence-corrected chi connectivity index (χ4v) is 8.64. The molecule has 2 heterocycles. The number of carbonyl (C=O) groups is 4. The molecule has 2 aromatic carbocycles. The predicted molar refractivity (Wildman–Crippen MR) is 151 cm³/mol. The summed E-state index contributed by atoms with van der Waals surface area (Å²) in [6.45, 7) is 0.143. The molecule has 6 atom stereocenters. The van der Waals surface area contributed by atoms with E-state index >= 15 is 0 Å². The van der Waals surface area contributed by atoms with E-state index in [1.165, 1.54) is 11.0 Å². The van der Waals surface area contributed by atoms with E-state index in [-0.39, 0.29) is 42.4 Å². The summed E-state index contributed by atoms with van der Waals surface area (Å²) in [5.74, 6) is -5.10. The Bertz CT molecular complexity index is 1470. The molecule has 6 rings (SSSR count). The van der Waals surface area contributed by atoms with E-state index in [0.717, 1.165) is 10.5 Å². The van der Waals surface area contributed by atoms with Crippen LogP contribution in [0, 0.1) is 17.8 Å². The second-order valence-electron chi connectivity index (χ2n) is 10.4. The number of fused-ring (bicyclic) bond motifs is 4. The summed E-state index contributed by atoms with van der Waals surface area (Å²) in [7, 11) is 0. The highest BCUT2D eigenvalue weighted by Gasteiger charge is 2.76. The minimum atomic E-state index is -1.96. The van der Waals surface area contributed by atoms with Gasteiger partial charge >= 0.3 is 0 Å². The normalized spacial score (nSPS) is 33.7. The highest BCUT2D eigenvalue weighted by atomic mass is 79.9. The minimum Gasteiger partial charge on any atom is -0.508 e. The van der Waals surface area contributed by atoms with Crippen molar-refractivity contribution in [3.8, 4) is 5.75 Å². The Morgan fingerprint density at radius 1 is 0.949 bits per heavy atom. The van der Waals surface area contributed by atoms with Gasteiger partial charge in [0.25, 0.3) is 11.8 Å². The van der Waals surface area contributed by atoms with Crippen LogP contribution in [0.1, 0.15) is 29.9 Å². The zero-order chi connectivity index (χ0) is 27.9. The van der Waals surface area contributed by atoms with E-state index in [1.54, 1.807) is 12.1 Å². The van der Waals surface area contributed by atoms with Gasteiger partial charge in [-0.1, -0.05) is 73.8 Å². The summed E-state index contributed by atoms with van der Waals surface area (Å²) in [4.78, 5) is 53.2. The molecule has 4 amide bonds. The maximum absolute atomic E-state index is 13.9. The molecule has 11 heteroatoms. The third-order valence-electron chi connectivity index (χ3n) is 8.59.